The zero-order chi connectivity index (χ0) is 20.5. The Morgan fingerprint density at radius 2 is 1.89 bits per heavy atom. The molecule has 1 fully saturated rings. The van der Waals surface area contributed by atoms with Crippen LogP contribution in [-0.4, -0.2) is 36.1 Å². The van der Waals surface area contributed by atoms with Gasteiger partial charge < -0.3 is 5.32 Å². The van der Waals surface area contributed by atoms with E-state index < -0.39 is 26.7 Å². The number of aryl methyl sites for hydroxylation is 2. The molecule has 150 valence electrons. The van der Waals surface area contributed by atoms with Crippen molar-refractivity contribution < 1.29 is 17.4 Å². The molecular formula is C19H21ClN2O4S2. The van der Waals surface area contributed by atoms with Gasteiger partial charge in [-0.1, -0.05) is 17.7 Å². The standard InChI is InChI=1S/C19H21ClN2O4S2/c1-12-3-4-14(9-13(12)2)22-28(25,26)16-5-6-18(20)17(10-16)19(23)21-15-7-8-27(24)11-15/h3-6,9-10,15,22H,7-8,11H2,1-2H3,(H,21,23). The van der Waals surface area contributed by atoms with Crippen LogP contribution in [0.1, 0.15) is 27.9 Å². The van der Waals surface area contributed by atoms with Gasteiger partial charge >= 0.3 is 0 Å². The van der Waals surface area contributed by atoms with Gasteiger partial charge in [0.1, 0.15) is 0 Å². The predicted octanol–water partition coefficient (Wildman–Crippen LogP) is 3.01. The van der Waals surface area contributed by atoms with Crippen molar-refractivity contribution in [1.82, 2.24) is 5.32 Å². The van der Waals surface area contributed by atoms with Gasteiger partial charge in [-0.25, -0.2) is 8.42 Å². The van der Waals surface area contributed by atoms with Crippen LogP contribution in [0.5, 0.6) is 0 Å². The molecule has 3 rings (SSSR count). The number of sulfonamides is 1. The van der Waals surface area contributed by atoms with Crippen LogP contribution in [0.2, 0.25) is 5.02 Å². The van der Waals surface area contributed by atoms with Gasteiger partial charge in [0.25, 0.3) is 15.9 Å². The molecule has 2 atom stereocenters. The van der Waals surface area contributed by atoms with Gasteiger partial charge in [0.05, 0.1) is 15.5 Å². The lowest BCUT2D eigenvalue weighted by molar-refractivity contribution is 0.0941. The summed E-state index contributed by atoms with van der Waals surface area (Å²) in [5.74, 6) is 0.472. The Balaban J connectivity index is 1.83. The molecule has 2 unspecified atom stereocenters. The molecule has 6 nitrogen and oxygen atoms in total. The van der Waals surface area contributed by atoms with E-state index in [-0.39, 0.29) is 21.5 Å². The Morgan fingerprint density at radius 3 is 2.54 bits per heavy atom. The van der Waals surface area contributed by atoms with E-state index in [1.165, 1.54) is 18.2 Å². The smallest absolute Gasteiger partial charge is 0.261 e. The normalized spacial score (nSPS) is 19.4. The Labute approximate surface area is 172 Å². The Bertz CT molecular complexity index is 1050. The number of hydrogen-bond donors (Lipinski definition) is 2. The molecule has 1 amide bonds. The van der Waals surface area contributed by atoms with Crippen molar-refractivity contribution in [2.24, 2.45) is 0 Å². The summed E-state index contributed by atoms with van der Waals surface area (Å²) < 4.78 is 39.5. The Kier molecular flexibility index (Phi) is 6.12. The number of benzene rings is 2. The molecule has 28 heavy (non-hydrogen) atoms. The topological polar surface area (TPSA) is 92.3 Å². The zero-order valence-electron chi connectivity index (χ0n) is 15.5. The lowest BCUT2D eigenvalue weighted by Gasteiger charge is -2.14. The number of rotatable bonds is 5. The number of nitrogens with one attached hydrogen (secondary N) is 2. The molecule has 2 aromatic carbocycles. The molecule has 0 radical (unpaired) electrons. The van der Waals surface area contributed by atoms with Gasteiger partial charge in [-0.3, -0.25) is 13.7 Å². The summed E-state index contributed by atoms with van der Waals surface area (Å²) in [5.41, 5.74) is 2.53. The van der Waals surface area contributed by atoms with E-state index in [0.717, 1.165) is 11.1 Å². The minimum atomic E-state index is -3.89. The maximum Gasteiger partial charge on any atom is 0.261 e. The minimum Gasteiger partial charge on any atom is -0.348 e. The summed E-state index contributed by atoms with van der Waals surface area (Å²) in [6, 6.07) is 9.07. The van der Waals surface area contributed by atoms with E-state index in [2.05, 4.69) is 10.0 Å². The first-order valence-corrected chi connectivity index (χ1v) is 12.1. The van der Waals surface area contributed by atoms with E-state index in [1.807, 2.05) is 19.9 Å². The minimum absolute atomic E-state index is 0.0599. The number of anilines is 1. The summed E-state index contributed by atoms with van der Waals surface area (Å²) in [6.45, 7) is 3.84. The van der Waals surface area contributed by atoms with E-state index in [9.17, 15) is 17.4 Å². The molecular weight excluding hydrogens is 420 g/mol. The molecule has 2 aromatic rings. The van der Waals surface area contributed by atoms with Crippen molar-refractivity contribution >= 4 is 44.0 Å². The van der Waals surface area contributed by atoms with Gasteiger partial charge in [0.2, 0.25) is 0 Å². The van der Waals surface area contributed by atoms with E-state index >= 15 is 0 Å². The molecule has 0 aliphatic carbocycles. The number of hydrogen-bond acceptors (Lipinski definition) is 4. The Hall–Kier alpha value is -1.90. The highest BCUT2D eigenvalue weighted by atomic mass is 35.5. The first-order valence-electron chi connectivity index (χ1n) is 8.71. The molecule has 1 aliphatic heterocycles. The monoisotopic (exact) mass is 440 g/mol. The van der Waals surface area contributed by atoms with Gasteiger partial charge in [-0.05, 0) is 61.7 Å². The second kappa shape index (κ2) is 8.23. The quantitative estimate of drug-likeness (QED) is 0.747. The first kappa shape index (κ1) is 20.8. The van der Waals surface area contributed by atoms with E-state index in [0.29, 0.717) is 23.6 Å². The van der Waals surface area contributed by atoms with Gasteiger partial charge in [-0.15, -0.1) is 0 Å². The second-order valence-electron chi connectivity index (χ2n) is 6.82. The predicted molar refractivity (Wildman–Crippen MR) is 112 cm³/mol. The third-order valence-corrected chi connectivity index (χ3v) is 7.84. The van der Waals surface area contributed by atoms with Crippen molar-refractivity contribution in [3.63, 3.8) is 0 Å². The largest absolute Gasteiger partial charge is 0.348 e. The van der Waals surface area contributed by atoms with Crippen LogP contribution < -0.4 is 10.0 Å². The molecule has 0 bridgehead atoms. The third-order valence-electron chi connectivity index (χ3n) is 4.67. The average Bonchev–Trinajstić information content (AvgIpc) is 3.02. The van der Waals surface area contributed by atoms with Crippen LogP contribution >= 0.6 is 11.6 Å². The van der Waals surface area contributed by atoms with Gasteiger partial charge in [-0.2, -0.15) is 0 Å². The highest BCUT2D eigenvalue weighted by Crippen LogP contribution is 2.24. The molecule has 1 saturated heterocycles. The Morgan fingerprint density at radius 1 is 1.14 bits per heavy atom. The van der Waals surface area contributed by atoms with Crippen molar-refractivity contribution in [3.8, 4) is 0 Å². The molecule has 0 spiro atoms. The highest BCUT2D eigenvalue weighted by molar-refractivity contribution is 7.92. The lowest BCUT2D eigenvalue weighted by atomic mass is 10.1. The summed E-state index contributed by atoms with van der Waals surface area (Å²) in [6.07, 6.45) is 0.627. The van der Waals surface area contributed by atoms with Gasteiger partial charge in [0, 0.05) is 34.0 Å². The van der Waals surface area contributed by atoms with Gasteiger partial charge in [0.15, 0.2) is 0 Å². The molecule has 0 saturated carbocycles. The fourth-order valence-corrected chi connectivity index (χ4v) is 5.60. The highest BCUT2D eigenvalue weighted by Gasteiger charge is 2.25. The van der Waals surface area contributed by atoms with Crippen molar-refractivity contribution in [2.75, 3.05) is 16.2 Å². The van der Waals surface area contributed by atoms with E-state index in [4.69, 9.17) is 11.6 Å². The molecule has 1 aliphatic rings. The molecule has 2 N–H and O–H groups in total. The van der Waals surface area contributed by atoms with Crippen molar-refractivity contribution in [1.29, 1.82) is 0 Å². The van der Waals surface area contributed by atoms with Crippen LogP contribution in [-0.2, 0) is 20.8 Å². The zero-order valence-corrected chi connectivity index (χ0v) is 17.9. The number of carbonyl (C=O) groups is 1. The fourth-order valence-electron chi connectivity index (χ4n) is 2.91. The summed E-state index contributed by atoms with van der Waals surface area (Å²) in [5, 5.41) is 2.93. The molecule has 9 heteroatoms. The lowest BCUT2D eigenvalue weighted by Crippen LogP contribution is -2.35. The van der Waals surface area contributed by atoms with Crippen LogP contribution in [0, 0.1) is 13.8 Å². The summed E-state index contributed by atoms with van der Waals surface area (Å²) in [4.78, 5) is 12.5. The maximum absolute atomic E-state index is 12.7. The van der Waals surface area contributed by atoms with Crippen LogP contribution in [0.4, 0.5) is 5.69 Å². The summed E-state index contributed by atoms with van der Waals surface area (Å²) >= 11 is 6.12. The molecule has 0 aromatic heterocycles. The number of carbonyl (C=O) groups excluding carboxylic acids is 1. The van der Waals surface area contributed by atoms with Crippen molar-refractivity contribution in [2.45, 2.75) is 31.2 Å². The average molecular weight is 441 g/mol. The van der Waals surface area contributed by atoms with Crippen LogP contribution in [0.25, 0.3) is 0 Å². The third kappa shape index (κ3) is 4.74. The second-order valence-corrected chi connectivity index (χ2v) is 10.5. The first-order chi connectivity index (χ1) is 13.2. The van der Waals surface area contributed by atoms with Crippen LogP contribution in [0.15, 0.2) is 41.3 Å². The SMILES string of the molecule is Cc1ccc(NS(=O)(=O)c2ccc(Cl)c(C(=O)NC3CCS(=O)C3)c2)cc1C. The fraction of sp³-hybridized carbons (Fsp3) is 0.316. The van der Waals surface area contributed by atoms with Crippen LogP contribution in [0.3, 0.4) is 0 Å². The molecule has 1 heterocycles. The number of halogens is 1. The van der Waals surface area contributed by atoms with E-state index in [1.54, 1.807) is 12.1 Å². The maximum atomic E-state index is 12.7. The number of amides is 1. The summed E-state index contributed by atoms with van der Waals surface area (Å²) in [7, 11) is -4.82. The van der Waals surface area contributed by atoms with Crippen molar-refractivity contribution in [3.05, 3.63) is 58.1 Å².